The number of anilines is 1. The zero-order chi connectivity index (χ0) is 22.7. The number of aliphatic imine (C=N–C) groups is 1. The third kappa shape index (κ3) is 4.98. The number of halogens is 4. The van der Waals surface area contributed by atoms with Crippen molar-refractivity contribution in [1.82, 2.24) is 14.9 Å². The highest BCUT2D eigenvalue weighted by molar-refractivity contribution is 6.31. The number of imidazole rings is 1. The molecule has 170 valence electrons. The van der Waals surface area contributed by atoms with Gasteiger partial charge in [0, 0.05) is 25.2 Å². The second-order valence-corrected chi connectivity index (χ2v) is 7.77. The molecule has 11 heteroatoms. The van der Waals surface area contributed by atoms with Crippen molar-refractivity contribution in [2.45, 2.75) is 6.42 Å². The maximum absolute atomic E-state index is 14.4. The van der Waals surface area contributed by atoms with E-state index in [0.717, 1.165) is 51.4 Å². The summed E-state index contributed by atoms with van der Waals surface area (Å²) in [7, 11) is 0. The molecule has 0 radical (unpaired) electrons. The van der Waals surface area contributed by atoms with Gasteiger partial charge in [-0.1, -0.05) is 11.6 Å². The Morgan fingerprint density at radius 3 is 2.75 bits per heavy atom. The number of nitrogens with one attached hydrogen (secondary N) is 2. The summed E-state index contributed by atoms with van der Waals surface area (Å²) in [4.78, 5) is 13.5. The lowest BCUT2D eigenvalue weighted by molar-refractivity contribution is 0.0378. The average molecular weight is 467 g/mol. The number of rotatable bonds is 7. The van der Waals surface area contributed by atoms with Gasteiger partial charge in [0.25, 0.3) is 0 Å². The number of H-pyrrole nitrogens is 1. The zero-order valence-electron chi connectivity index (χ0n) is 17.1. The van der Waals surface area contributed by atoms with Gasteiger partial charge >= 0.3 is 0 Å². The van der Waals surface area contributed by atoms with E-state index in [0.29, 0.717) is 12.5 Å². The van der Waals surface area contributed by atoms with E-state index in [9.17, 15) is 13.2 Å². The molecule has 1 aliphatic heterocycles. The van der Waals surface area contributed by atoms with E-state index in [1.165, 1.54) is 12.1 Å². The molecule has 7 nitrogen and oxygen atoms in total. The minimum atomic E-state index is -1.10. The normalized spacial score (nSPS) is 15.4. The van der Waals surface area contributed by atoms with Gasteiger partial charge in [-0.05, 0) is 37.2 Å². The highest BCUT2D eigenvalue weighted by Crippen LogP contribution is 2.26. The van der Waals surface area contributed by atoms with E-state index < -0.39 is 17.5 Å². The number of aromatic nitrogens is 2. The van der Waals surface area contributed by atoms with E-state index in [2.05, 4.69) is 25.2 Å². The van der Waals surface area contributed by atoms with Crippen LogP contribution in [0, 0.1) is 17.5 Å². The summed E-state index contributed by atoms with van der Waals surface area (Å²) in [6.45, 7) is 4.75. The van der Waals surface area contributed by atoms with Crippen molar-refractivity contribution in [3.8, 4) is 0 Å². The fourth-order valence-electron chi connectivity index (χ4n) is 3.48. The summed E-state index contributed by atoms with van der Waals surface area (Å²) in [6.07, 6.45) is 0.843. The zero-order valence-corrected chi connectivity index (χ0v) is 17.9. The molecular weight excluding hydrogens is 445 g/mol. The molecule has 0 amide bonds. The molecule has 1 aromatic heterocycles. The molecule has 0 aliphatic carbocycles. The van der Waals surface area contributed by atoms with E-state index in [1.54, 1.807) is 0 Å². The van der Waals surface area contributed by atoms with Crippen molar-refractivity contribution in [2.75, 3.05) is 44.7 Å². The fraction of sp³-hybridized carbons (Fsp3) is 0.333. The Kier molecular flexibility index (Phi) is 6.83. The fourth-order valence-corrected chi connectivity index (χ4v) is 3.65. The lowest BCUT2D eigenvalue weighted by Crippen LogP contribution is -2.37. The lowest BCUT2D eigenvalue weighted by Gasteiger charge is -2.26. The predicted octanol–water partition coefficient (Wildman–Crippen LogP) is 3.80. The van der Waals surface area contributed by atoms with Crippen LogP contribution in [0.15, 0.2) is 29.3 Å². The van der Waals surface area contributed by atoms with Crippen LogP contribution in [0.25, 0.3) is 11.0 Å². The van der Waals surface area contributed by atoms with Gasteiger partial charge in [0.15, 0.2) is 11.6 Å². The van der Waals surface area contributed by atoms with Crippen LogP contribution in [0.5, 0.6) is 0 Å². The first-order valence-electron chi connectivity index (χ1n) is 10.1. The Morgan fingerprint density at radius 2 is 2.00 bits per heavy atom. The largest absolute Gasteiger partial charge is 0.383 e. The van der Waals surface area contributed by atoms with Crippen molar-refractivity contribution in [1.29, 1.82) is 0 Å². The second-order valence-electron chi connectivity index (χ2n) is 7.36. The Hall–Kier alpha value is -2.82. The number of fused-ring (bicyclic) bond motifs is 1. The van der Waals surface area contributed by atoms with E-state index in [4.69, 9.17) is 22.1 Å². The first kappa shape index (κ1) is 22.4. The maximum atomic E-state index is 14.4. The number of morpholine rings is 1. The molecule has 1 aliphatic rings. The molecule has 1 fully saturated rings. The Labute approximate surface area is 187 Å². The second kappa shape index (κ2) is 9.76. The van der Waals surface area contributed by atoms with Crippen LogP contribution in [0.4, 0.5) is 24.8 Å². The number of nitrogens with zero attached hydrogens (tertiary/aromatic N) is 3. The number of nitrogens with two attached hydrogens (primary N) is 1. The van der Waals surface area contributed by atoms with Crippen molar-refractivity contribution < 1.29 is 17.9 Å². The highest BCUT2D eigenvalue weighted by Gasteiger charge is 2.19. The Morgan fingerprint density at radius 1 is 1.22 bits per heavy atom. The molecule has 0 bridgehead atoms. The molecule has 4 N–H and O–H groups in total. The van der Waals surface area contributed by atoms with E-state index in [1.807, 2.05) is 0 Å². The molecule has 4 rings (SSSR count). The first-order valence-corrected chi connectivity index (χ1v) is 10.5. The number of amidine groups is 1. The predicted molar refractivity (Wildman–Crippen MR) is 118 cm³/mol. The minimum Gasteiger partial charge on any atom is -0.383 e. The highest BCUT2D eigenvalue weighted by atomic mass is 35.5. The summed E-state index contributed by atoms with van der Waals surface area (Å²) in [5.74, 6) is -2.59. The monoisotopic (exact) mass is 466 g/mol. The molecule has 1 saturated heterocycles. The SMILES string of the molecule is NC(=Nc1ccc(F)c(Cl)c1)c1cc(F)c(F)c2nc(NCCCN3CCOCC3)[nH]c12. The Balaban J connectivity index is 1.53. The summed E-state index contributed by atoms with van der Waals surface area (Å²) < 4.78 is 47.3. The number of hydrogen-bond donors (Lipinski definition) is 3. The smallest absolute Gasteiger partial charge is 0.201 e. The molecule has 0 saturated carbocycles. The van der Waals surface area contributed by atoms with Crippen LogP contribution >= 0.6 is 11.6 Å². The average Bonchev–Trinajstić information content (AvgIpc) is 3.21. The van der Waals surface area contributed by atoms with Crippen molar-refractivity contribution >= 4 is 40.1 Å². The molecule has 0 unspecified atom stereocenters. The summed E-state index contributed by atoms with van der Waals surface area (Å²) in [5.41, 5.74) is 6.47. The summed E-state index contributed by atoms with van der Waals surface area (Å²) in [6, 6.07) is 4.75. The summed E-state index contributed by atoms with van der Waals surface area (Å²) >= 11 is 5.77. The van der Waals surface area contributed by atoms with Gasteiger partial charge in [-0.25, -0.2) is 23.1 Å². The molecule has 2 aromatic carbocycles. The van der Waals surface area contributed by atoms with Gasteiger partial charge in [0.1, 0.15) is 17.2 Å². The van der Waals surface area contributed by atoms with Crippen LogP contribution in [-0.4, -0.2) is 60.1 Å². The van der Waals surface area contributed by atoms with Crippen LogP contribution in [0.3, 0.4) is 0 Å². The maximum Gasteiger partial charge on any atom is 0.201 e. The summed E-state index contributed by atoms with van der Waals surface area (Å²) in [5, 5.41) is 2.97. The topological polar surface area (TPSA) is 91.6 Å². The van der Waals surface area contributed by atoms with E-state index in [-0.39, 0.29) is 33.1 Å². The first-order chi connectivity index (χ1) is 15.4. The van der Waals surface area contributed by atoms with Crippen molar-refractivity contribution in [3.63, 3.8) is 0 Å². The van der Waals surface area contributed by atoms with Crippen molar-refractivity contribution in [2.24, 2.45) is 10.7 Å². The van der Waals surface area contributed by atoms with Crippen LogP contribution in [0.1, 0.15) is 12.0 Å². The lowest BCUT2D eigenvalue weighted by atomic mass is 10.1. The molecule has 0 atom stereocenters. The number of ether oxygens (including phenoxy) is 1. The minimum absolute atomic E-state index is 0.0981. The van der Waals surface area contributed by atoms with Gasteiger partial charge in [-0.15, -0.1) is 0 Å². The van der Waals surface area contributed by atoms with Gasteiger partial charge in [0.05, 0.1) is 29.4 Å². The molecule has 32 heavy (non-hydrogen) atoms. The third-order valence-corrected chi connectivity index (χ3v) is 5.43. The quantitative estimate of drug-likeness (QED) is 0.280. The molecule has 0 spiro atoms. The van der Waals surface area contributed by atoms with E-state index >= 15 is 0 Å². The molecule has 2 heterocycles. The van der Waals surface area contributed by atoms with Crippen LogP contribution in [0.2, 0.25) is 5.02 Å². The van der Waals surface area contributed by atoms with Crippen LogP contribution in [-0.2, 0) is 4.74 Å². The third-order valence-electron chi connectivity index (χ3n) is 5.14. The standard InChI is InChI=1S/C21H22ClF3N6O/c22-14-10-12(2-3-15(14)23)28-20(26)13-11-16(24)17(25)19-18(13)29-21(30-19)27-4-1-5-31-6-8-32-9-7-31/h2-3,10-11H,1,4-9H2,(H2,26,28)(H2,27,29,30). The number of hydrogen-bond acceptors (Lipinski definition) is 5. The number of aromatic amines is 1. The molecule has 3 aromatic rings. The van der Waals surface area contributed by atoms with Gasteiger partial charge in [-0.3, -0.25) is 4.90 Å². The van der Waals surface area contributed by atoms with Gasteiger partial charge in [-0.2, -0.15) is 0 Å². The van der Waals surface area contributed by atoms with Gasteiger partial charge in [0.2, 0.25) is 5.95 Å². The van der Waals surface area contributed by atoms with Crippen molar-refractivity contribution in [3.05, 3.63) is 52.3 Å². The van der Waals surface area contributed by atoms with Gasteiger partial charge < -0.3 is 20.8 Å². The number of benzene rings is 2. The van der Waals surface area contributed by atoms with Crippen LogP contribution < -0.4 is 11.1 Å². The Bertz CT molecular complexity index is 1150. The molecular formula is C21H22ClF3N6O.